The van der Waals surface area contributed by atoms with Gasteiger partial charge in [0, 0.05) is 24.6 Å². The highest BCUT2D eigenvalue weighted by Crippen LogP contribution is 2.36. The molecule has 0 unspecified atom stereocenters. The van der Waals surface area contributed by atoms with Crippen molar-refractivity contribution in [3.8, 4) is 5.75 Å². The fourth-order valence-electron chi connectivity index (χ4n) is 5.22. The maximum Gasteiger partial charge on any atom is 0.343 e. The lowest BCUT2D eigenvalue weighted by Crippen LogP contribution is -2.27. The molecule has 39 heavy (non-hydrogen) atoms. The number of fused-ring (bicyclic) bond motifs is 1. The standard InChI is InChI=1S/C32H33N3O4/c36-29(21-23-11-3-1-4-12-23)34-33-25(17-20-35-18-9-10-19-35)22-27(24-13-5-2-6-14-24)30-31(37)26-15-7-8-16-28(26)39-32(30)38/h1-8,11-16,27,37H,9-10,17-22H2,(H,34,36)/b33-25-/t27-/m1/s1. The molecule has 0 radical (unpaired) electrons. The first-order valence-electron chi connectivity index (χ1n) is 13.5. The Bertz CT molecular complexity index is 1490. The van der Waals surface area contributed by atoms with Gasteiger partial charge in [-0.3, -0.25) is 4.79 Å². The zero-order chi connectivity index (χ0) is 27.0. The van der Waals surface area contributed by atoms with Gasteiger partial charge in [0.25, 0.3) is 0 Å². The van der Waals surface area contributed by atoms with E-state index < -0.39 is 11.5 Å². The number of nitrogens with zero attached hydrogens (tertiary/aromatic N) is 2. The highest BCUT2D eigenvalue weighted by atomic mass is 16.4. The van der Waals surface area contributed by atoms with Crippen molar-refractivity contribution in [2.75, 3.05) is 19.6 Å². The number of hydrazone groups is 1. The minimum absolute atomic E-state index is 0.0808. The molecule has 1 atom stereocenters. The number of aromatic hydroxyl groups is 1. The quantitative estimate of drug-likeness (QED) is 0.169. The van der Waals surface area contributed by atoms with E-state index in [9.17, 15) is 14.7 Å². The summed E-state index contributed by atoms with van der Waals surface area (Å²) in [6, 6.07) is 26.1. The van der Waals surface area contributed by atoms with Gasteiger partial charge in [0.2, 0.25) is 5.91 Å². The zero-order valence-electron chi connectivity index (χ0n) is 21.9. The number of carbonyl (C=O) groups excluding carboxylic acids is 1. The van der Waals surface area contributed by atoms with Crippen LogP contribution in [0, 0.1) is 0 Å². The number of likely N-dealkylation sites (tertiary alicyclic amines) is 1. The molecule has 1 amide bonds. The van der Waals surface area contributed by atoms with Crippen molar-refractivity contribution in [1.29, 1.82) is 0 Å². The number of rotatable bonds is 10. The molecule has 2 heterocycles. The van der Waals surface area contributed by atoms with Gasteiger partial charge in [-0.2, -0.15) is 5.10 Å². The summed E-state index contributed by atoms with van der Waals surface area (Å²) in [5.74, 6) is -0.790. The minimum atomic E-state index is -0.577. The van der Waals surface area contributed by atoms with Crippen molar-refractivity contribution < 1.29 is 14.3 Å². The van der Waals surface area contributed by atoms with Gasteiger partial charge in [0.15, 0.2) is 0 Å². The van der Waals surface area contributed by atoms with Crippen LogP contribution >= 0.6 is 0 Å². The average Bonchev–Trinajstić information content (AvgIpc) is 3.48. The summed E-state index contributed by atoms with van der Waals surface area (Å²) in [6.07, 6.45) is 3.56. The van der Waals surface area contributed by atoms with Crippen LogP contribution in [0.2, 0.25) is 0 Å². The lowest BCUT2D eigenvalue weighted by molar-refractivity contribution is -0.120. The van der Waals surface area contributed by atoms with Gasteiger partial charge < -0.3 is 14.4 Å². The number of hydrogen-bond donors (Lipinski definition) is 2. The Kier molecular flexibility index (Phi) is 8.48. The summed E-state index contributed by atoms with van der Waals surface area (Å²) in [4.78, 5) is 28.4. The van der Waals surface area contributed by atoms with Gasteiger partial charge in [0.05, 0.1) is 17.4 Å². The molecule has 3 aromatic carbocycles. The number of carbonyl (C=O) groups is 1. The Labute approximate surface area is 227 Å². The summed E-state index contributed by atoms with van der Waals surface area (Å²) in [7, 11) is 0. The minimum Gasteiger partial charge on any atom is -0.507 e. The monoisotopic (exact) mass is 523 g/mol. The van der Waals surface area contributed by atoms with E-state index in [4.69, 9.17) is 4.42 Å². The Morgan fingerprint density at radius 3 is 2.36 bits per heavy atom. The molecule has 0 bridgehead atoms. The first kappa shape index (κ1) is 26.4. The largest absolute Gasteiger partial charge is 0.507 e. The molecular weight excluding hydrogens is 490 g/mol. The van der Waals surface area contributed by atoms with Crippen LogP contribution in [0.1, 0.15) is 48.3 Å². The Balaban J connectivity index is 1.47. The first-order chi connectivity index (χ1) is 19.1. The lowest BCUT2D eigenvalue weighted by Gasteiger charge is -2.21. The molecule has 0 aliphatic carbocycles. The van der Waals surface area contributed by atoms with E-state index in [1.54, 1.807) is 24.3 Å². The Hall–Kier alpha value is -4.23. The van der Waals surface area contributed by atoms with Crippen LogP contribution < -0.4 is 11.1 Å². The highest BCUT2D eigenvalue weighted by Gasteiger charge is 2.27. The molecule has 1 aliphatic heterocycles. The molecule has 7 nitrogen and oxygen atoms in total. The molecule has 0 spiro atoms. The van der Waals surface area contributed by atoms with Crippen LogP contribution in [0.15, 0.2) is 99.2 Å². The van der Waals surface area contributed by atoms with E-state index in [0.29, 0.717) is 23.8 Å². The van der Waals surface area contributed by atoms with Crippen molar-refractivity contribution in [3.63, 3.8) is 0 Å². The van der Waals surface area contributed by atoms with Crippen LogP contribution in [0.25, 0.3) is 11.0 Å². The van der Waals surface area contributed by atoms with Crippen molar-refractivity contribution in [2.45, 2.75) is 38.0 Å². The molecule has 7 heteroatoms. The molecule has 200 valence electrons. The number of hydrogen-bond acceptors (Lipinski definition) is 6. The maximum atomic E-state index is 13.2. The molecule has 1 aromatic heterocycles. The van der Waals surface area contributed by atoms with Crippen LogP contribution in [0.3, 0.4) is 0 Å². The SMILES string of the molecule is O=C(Cc1ccccc1)N/N=C(/CCN1CCCC1)C[C@H](c1ccccc1)c1c(O)c2ccccc2oc1=O. The van der Waals surface area contributed by atoms with E-state index in [0.717, 1.165) is 36.5 Å². The summed E-state index contributed by atoms with van der Waals surface area (Å²) >= 11 is 0. The Morgan fingerprint density at radius 2 is 1.62 bits per heavy atom. The predicted molar refractivity (Wildman–Crippen MR) is 153 cm³/mol. The van der Waals surface area contributed by atoms with Crippen molar-refractivity contribution in [2.24, 2.45) is 5.10 Å². The van der Waals surface area contributed by atoms with Gasteiger partial charge in [-0.1, -0.05) is 72.8 Å². The summed E-state index contributed by atoms with van der Waals surface area (Å²) < 4.78 is 5.63. The molecule has 0 saturated carbocycles. The van der Waals surface area contributed by atoms with E-state index in [1.165, 1.54) is 12.8 Å². The van der Waals surface area contributed by atoms with Gasteiger partial charge in [0.1, 0.15) is 11.3 Å². The number of benzene rings is 3. The molecule has 4 aromatic rings. The van der Waals surface area contributed by atoms with E-state index in [-0.39, 0.29) is 23.6 Å². The first-order valence-corrected chi connectivity index (χ1v) is 13.5. The van der Waals surface area contributed by atoms with Crippen LogP contribution in [-0.4, -0.2) is 41.3 Å². The average molecular weight is 524 g/mol. The fourth-order valence-corrected chi connectivity index (χ4v) is 5.22. The second kappa shape index (κ2) is 12.5. The maximum absolute atomic E-state index is 13.2. The molecule has 1 saturated heterocycles. The summed E-state index contributed by atoms with van der Waals surface area (Å²) in [6.45, 7) is 2.91. The highest BCUT2D eigenvalue weighted by molar-refractivity contribution is 5.89. The van der Waals surface area contributed by atoms with E-state index in [2.05, 4.69) is 15.4 Å². The number of amides is 1. The molecule has 5 rings (SSSR count). The van der Waals surface area contributed by atoms with Gasteiger partial charge >= 0.3 is 5.63 Å². The van der Waals surface area contributed by atoms with Gasteiger partial charge in [-0.25, -0.2) is 10.2 Å². The van der Waals surface area contributed by atoms with Gasteiger partial charge in [-0.15, -0.1) is 0 Å². The number of nitrogens with one attached hydrogen (secondary N) is 1. The van der Waals surface area contributed by atoms with Crippen LogP contribution in [0.5, 0.6) is 5.75 Å². The van der Waals surface area contributed by atoms with Gasteiger partial charge in [-0.05, 0) is 55.6 Å². The third kappa shape index (κ3) is 6.62. The van der Waals surface area contributed by atoms with E-state index in [1.807, 2.05) is 60.7 Å². The molecule has 1 fully saturated rings. The fraction of sp³-hybridized carbons (Fsp3) is 0.281. The second-order valence-electron chi connectivity index (χ2n) is 9.99. The van der Waals surface area contributed by atoms with Crippen molar-refractivity contribution >= 4 is 22.6 Å². The van der Waals surface area contributed by atoms with Crippen LogP contribution in [0.4, 0.5) is 0 Å². The number of para-hydroxylation sites is 1. The molecule has 1 aliphatic rings. The summed E-state index contributed by atoms with van der Waals surface area (Å²) in [5.41, 5.74) is 5.22. The van der Waals surface area contributed by atoms with E-state index >= 15 is 0 Å². The van der Waals surface area contributed by atoms with Crippen LogP contribution in [-0.2, 0) is 11.2 Å². The topological polar surface area (TPSA) is 95.1 Å². The lowest BCUT2D eigenvalue weighted by atomic mass is 9.86. The van der Waals surface area contributed by atoms with Crippen molar-refractivity contribution in [1.82, 2.24) is 10.3 Å². The molecule has 2 N–H and O–H groups in total. The predicted octanol–water partition coefficient (Wildman–Crippen LogP) is 5.22. The van der Waals surface area contributed by atoms with Crippen molar-refractivity contribution in [3.05, 3.63) is 112 Å². The third-order valence-electron chi connectivity index (χ3n) is 7.27. The normalized spacial score (nSPS) is 14.9. The Morgan fingerprint density at radius 1 is 0.949 bits per heavy atom. The smallest absolute Gasteiger partial charge is 0.343 e. The molecular formula is C32H33N3O4. The zero-order valence-corrected chi connectivity index (χ0v) is 21.9. The second-order valence-corrected chi connectivity index (χ2v) is 9.99. The third-order valence-corrected chi connectivity index (χ3v) is 7.27. The summed E-state index contributed by atoms with van der Waals surface area (Å²) in [5, 5.41) is 16.3.